The number of ether oxygens (including phenoxy) is 1. The molecule has 0 fully saturated rings. The number of benzene rings is 1. The first kappa shape index (κ1) is 16.5. The summed E-state index contributed by atoms with van der Waals surface area (Å²) in [5.74, 6) is 0.163. The van der Waals surface area contributed by atoms with Crippen LogP contribution in [-0.2, 0) is 11.3 Å². The Morgan fingerprint density at radius 3 is 2.70 bits per heavy atom. The van der Waals surface area contributed by atoms with E-state index in [0.29, 0.717) is 12.3 Å². The molecule has 1 N–H and O–H groups in total. The summed E-state index contributed by atoms with van der Waals surface area (Å²) >= 11 is 0. The van der Waals surface area contributed by atoms with Gasteiger partial charge in [-0.1, -0.05) is 6.92 Å². The van der Waals surface area contributed by atoms with Crippen LogP contribution in [0.2, 0.25) is 0 Å². The van der Waals surface area contributed by atoms with Crippen LogP contribution in [0.1, 0.15) is 13.8 Å². The van der Waals surface area contributed by atoms with E-state index >= 15 is 0 Å². The lowest BCUT2D eigenvalue weighted by atomic mass is 10.1. The summed E-state index contributed by atoms with van der Waals surface area (Å²) in [6.45, 7) is 4.48. The van der Waals surface area contributed by atoms with E-state index in [-0.39, 0.29) is 24.1 Å². The Balaban J connectivity index is 1.92. The summed E-state index contributed by atoms with van der Waals surface area (Å²) in [6, 6.07) is 7.07. The summed E-state index contributed by atoms with van der Waals surface area (Å²) in [5, 5.41) is 17.3. The topological polar surface area (TPSA) is 99.3 Å². The highest BCUT2D eigenvalue weighted by Crippen LogP contribution is 2.17. The molecular weight excluding hydrogens is 300 g/mol. The van der Waals surface area contributed by atoms with E-state index in [0.717, 1.165) is 11.9 Å². The zero-order valence-corrected chi connectivity index (χ0v) is 12.9. The van der Waals surface area contributed by atoms with Crippen molar-refractivity contribution in [2.45, 2.75) is 20.4 Å². The number of nitro groups is 1. The zero-order valence-electron chi connectivity index (χ0n) is 12.9. The molecule has 1 atom stereocenters. The summed E-state index contributed by atoms with van der Waals surface area (Å²) in [5.41, 5.74) is 0.570. The van der Waals surface area contributed by atoms with Crippen molar-refractivity contribution in [3.63, 3.8) is 0 Å². The van der Waals surface area contributed by atoms with Gasteiger partial charge in [-0.05, 0) is 31.2 Å². The van der Waals surface area contributed by atoms with Crippen molar-refractivity contribution in [2.24, 2.45) is 5.92 Å². The van der Waals surface area contributed by atoms with Gasteiger partial charge in [-0.2, -0.15) is 5.10 Å². The Labute approximate surface area is 133 Å². The van der Waals surface area contributed by atoms with Crippen LogP contribution in [-0.4, -0.2) is 27.2 Å². The molecule has 0 aliphatic heterocycles. The Morgan fingerprint density at radius 1 is 1.43 bits per heavy atom. The highest BCUT2D eigenvalue weighted by molar-refractivity contribution is 5.92. The highest BCUT2D eigenvalue weighted by Gasteiger charge is 2.16. The maximum atomic E-state index is 12.2. The van der Waals surface area contributed by atoms with Crippen LogP contribution in [0.5, 0.6) is 5.75 Å². The molecule has 0 bridgehead atoms. The van der Waals surface area contributed by atoms with Gasteiger partial charge < -0.3 is 10.1 Å². The van der Waals surface area contributed by atoms with Crippen LogP contribution in [0.15, 0.2) is 36.7 Å². The number of carbonyl (C=O) groups is 1. The van der Waals surface area contributed by atoms with Gasteiger partial charge >= 0.3 is 5.69 Å². The van der Waals surface area contributed by atoms with E-state index in [2.05, 4.69) is 10.4 Å². The van der Waals surface area contributed by atoms with Crippen LogP contribution in [0.4, 0.5) is 11.4 Å². The quantitative estimate of drug-likeness (QED) is 0.624. The number of aromatic nitrogens is 2. The van der Waals surface area contributed by atoms with Gasteiger partial charge in [-0.25, -0.2) is 0 Å². The second-order valence-corrected chi connectivity index (χ2v) is 5.03. The van der Waals surface area contributed by atoms with Gasteiger partial charge in [0.25, 0.3) is 0 Å². The molecule has 0 aliphatic rings. The normalized spacial score (nSPS) is 11.7. The third-order valence-corrected chi connectivity index (χ3v) is 3.17. The standard InChI is InChI=1S/C15H18N4O4/c1-3-23-14-6-4-12(5-7-14)17-15(20)11(2)9-18-10-13(8-16-18)19(21)22/h4-8,10-11H,3,9H2,1-2H3,(H,17,20). The van der Waals surface area contributed by atoms with E-state index in [1.807, 2.05) is 6.92 Å². The van der Waals surface area contributed by atoms with Crippen molar-refractivity contribution in [1.82, 2.24) is 9.78 Å². The summed E-state index contributed by atoms with van der Waals surface area (Å²) < 4.78 is 6.72. The molecule has 1 unspecified atom stereocenters. The molecule has 122 valence electrons. The van der Waals surface area contributed by atoms with Crippen LogP contribution < -0.4 is 10.1 Å². The smallest absolute Gasteiger partial charge is 0.306 e. The van der Waals surface area contributed by atoms with E-state index in [1.165, 1.54) is 10.9 Å². The molecule has 1 heterocycles. The fraction of sp³-hybridized carbons (Fsp3) is 0.333. The number of nitrogens with zero attached hydrogens (tertiary/aromatic N) is 3. The van der Waals surface area contributed by atoms with E-state index in [4.69, 9.17) is 4.74 Å². The number of hydrogen-bond donors (Lipinski definition) is 1. The third-order valence-electron chi connectivity index (χ3n) is 3.17. The Morgan fingerprint density at radius 2 is 2.13 bits per heavy atom. The van der Waals surface area contributed by atoms with Crippen LogP contribution in [0.25, 0.3) is 0 Å². The van der Waals surface area contributed by atoms with Gasteiger partial charge in [-0.15, -0.1) is 0 Å². The van der Waals surface area contributed by atoms with Gasteiger partial charge in [0, 0.05) is 5.69 Å². The molecule has 1 aromatic carbocycles. The first-order chi connectivity index (χ1) is 11.0. The van der Waals surface area contributed by atoms with Gasteiger partial charge in [0.05, 0.1) is 24.0 Å². The van der Waals surface area contributed by atoms with Crippen molar-refractivity contribution in [3.05, 3.63) is 46.8 Å². The second-order valence-electron chi connectivity index (χ2n) is 5.03. The molecule has 2 rings (SSSR count). The fourth-order valence-electron chi connectivity index (χ4n) is 1.98. The zero-order chi connectivity index (χ0) is 16.8. The van der Waals surface area contributed by atoms with Gasteiger partial charge in [-0.3, -0.25) is 19.6 Å². The number of nitrogens with one attached hydrogen (secondary N) is 1. The SMILES string of the molecule is CCOc1ccc(NC(=O)C(C)Cn2cc([N+](=O)[O-])cn2)cc1. The maximum Gasteiger partial charge on any atom is 0.306 e. The van der Waals surface area contributed by atoms with Crippen LogP contribution in [0.3, 0.4) is 0 Å². The van der Waals surface area contributed by atoms with Crippen molar-refractivity contribution in [3.8, 4) is 5.75 Å². The molecule has 0 radical (unpaired) electrons. The van der Waals surface area contributed by atoms with Crippen LogP contribution in [0, 0.1) is 16.0 Å². The summed E-state index contributed by atoms with van der Waals surface area (Å²) in [6.07, 6.45) is 2.47. The van der Waals surface area contributed by atoms with Crippen LogP contribution >= 0.6 is 0 Å². The highest BCUT2D eigenvalue weighted by atomic mass is 16.6. The van der Waals surface area contributed by atoms with E-state index < -0.39 is 4.92 Å². The van der Waals surface area contributed by atoms with Crippen molar-refractivity contribution < 1.29 is 14.5 Å². The maximum absolute atomic E-state index is 12.2. The molecule has 0 aliphatic carbocycles. The monoisotopic (exact) mass is 318 g/mol. The largest absolute Gasteiger partial charge is 0.494 e. The second kappa shape index (κ2) is 7.39. The van der Waals surface area contributed by atoms with E-state index in [9.17, 15) is 14.9 Å². The number of anilines is 1. The number of rotatable bonds is 7. The number of amides is 1. The molecule has 0 saturated heterocycles. The first-order valence-corrected chi connectivity index (χ1v) is 7.20. The molecule has 1 amide bonds. The molecule has 8 heteroatoms. The average Bonchev–Trinajstić information content (AvgIpc) is 2.98. The Kier molecular flexibility index (Phi) is 5.29. The van der Waals surface area contributed by atoms with Gasteiger partial charge in [0.15, 0.2) is 0 Å². The number of hydrogen-bond acceptors (Lipinski definition) is 5. The predicted octanol–water partition coefficient (Wildman–Crippen LogP) is 2.46. The van der Waals surface area contributed by atoms with Gasteiger partial charge in [0.2, 0.25) is 5.91 Å². The fourth-order valence-corrected chi connectivity index (χ4v) is 1.98. The minimum atomic E-state index is -0.520. The molecule has 0 saturated carbocycles. The molecule has 8 nitrogen and oxygen atoms in total. The third kappa shape index (κ3) is 4.53. The average molecular weight is 318 g/mol. The van der Waals surface area contributed by atoms with Gasteiger partial charge in [0.1, 0.15) is 18.1 Å². The lowest BCUT2D eigenvalue weighted by Gasteiger charge is -2.12. The first-order valence-electron chi connectivity index (χ1n) is 7.20. The Hall–Kier alpha value is -2.90. The summed E-state index contributed by atoms with van der Waals surface area (Å²) in [4.78, 5) is 22.2. The molecule has 2 aromatic rings. The number of carbonyl (C=O) groups excluding carboxylic acids is 1. The molecule has 0 spiro atoms. The minimum Gasteiger partial charge on any atom is -0.494 e. The lowest BCUT2D eigenvalue weighted by Crippen LogP contribution is -2.24. The Bertz CT molecular complexity index is 681. The molecule has 23 heavy (non-hydrogen) atoms. The lowest BCUT2D eigenvalue weighted by molar-refractivity contribution is -0.385. The minimum absolute atomic E-state index is 0.0934. The van der Waals surface area contributed by atoms with E-state index in [1.54, 1.807) is 31.2 Å². The molecular formula is C15H18N4O4. The van der Waals surface area contributed by atoms with Crippen molar-refractivity contribution in [1.29, 1.82) is 0 Å². The van der Waals surface area contributed by atoms with Crippen molar-refractivity contribution >= 4 is 17.3 Å². The molecule has 1 aromatic heterocycles. The van der Waals surface area contributed by atoms with Crippen molar-refractivity contribution in [2.75, 3.05) is 11.9 Å². The predicted molar refractivity (Wildman–Crippen MR) is 84.3 cm³/mol. The summed E-state index contributed by atoms with van der Waals surface area (Å²) in [7, 11) is 0.